The number of hydrogen-bond donors (Lipinski definition) is 0. The fourth-order valence-corrected chi connectivity index (χ4v) is 2.46. The summed E-state index contributed by atoms with van der Waals surface area (Å²) in [5, 5.41) is 0. The smallest absolute Gasteiger partial charge is 0.416 e. The molecule has 0 bridgehead atoms. The zero-order valence-corrected chi connectivity index (χ0v) is 11.3. The maximum atomic E-state index is 13.7. The van der Waals surface area contributed by atoms with Gasteiger partial charge in [-0.15, -0.1) is 0 Å². The Morgan fingerprint density at radius 2 is 2.00 bits per heavy atom. The Bertz CT molecular complexity index is 621. The second-order valence-corrected chi connectivity index (χ2v) is 5.01. The molecule has 0 saturated carbocycles. The number of rotatable bonds is 2. The highest BCUT2D eigenvalue weighted by Gasteiger charge is 2.48. The van der Waals surface area contributed by atoms with Crippen LogP contribution in [0.4, 0.5) is 22.0 Å². The molecule has 1 aliphatic carbocycles. The predicted molar refractivity (Wildman–Crippen MR) is 64.7 cm³/mol. The number of benzene rings is 1. The third-order valence-electron chi connectivity index (χ3n) is 3.54. The molecule has 1 atom stereocenters. The molecule has 0 heterocycles. The van der Waals surface area contributed by atoms with Crippen molar-refractivity contribution in [2.24, 2.45) is 0 Å². The highest BCUT2D eigenvalue weighted by atomic mass is 19.4. The normalized spacial score (nSPS) is 20.5. The molecule has 1 aromatic carbocycles. The summed E-state index contributed by atoms with van der Waals surface area (Å²) in [5.41, 5.74) is -1.74. The minimum absolute atomic E-state index is 0.198. The van der Waals surface area contributed by atoms with Crippen molar-refractivity contribution in [2.75, 3.05) is 7.11 Å². The van der Waals surface area contributed by atoms with Gasteiger partial charge in [-0.05, 0) is 17.7 Å². The summed E-state index contributed by atoms with van der Waals surface area (Å²) in [6.45, 7) is 0. The Hall–Kier alpha value is -1.99. The van der Waals surface area contributed by atoms with E-state index in [9.17, 15) is 31.5 Å². The van der Waals surface area contributed by atoms with Gasteiger partial charge in [0, 0.05) is 17.9 Å². The van der Waals surface area contributed by atoms with E-state index in [1.807, 2.05) is 0 Å². The van der Waals surface area contributed by atoms with E-state index in [1.165, 1.54) is 0 Å². The Labute approximate surface area is 122 Å². The van der Waals surface area contributed by atoms with Gasteiger partial charge >= 0.3 is 18.1 Å². The topological polar surface area (TPSA) is 43.4 Å². The number of esters is 1. The maximum Gasteiger partial charge on any atom is 0.416 e. The lowest BCUT2D eigenvalue weighted by molar-refractivity contribution is -0.141. The molecule has 120 valence electrons. The van der Waals surface area contributed by atoms with Crippen LogP contribution in [-0.2, 0) is 15.7 Å². The standard InChI is InChI=1S/C14H11F5O3/c1-22-11(20)4-7-6-13(15,16)12(21)9-3-2-8(5-10(7)9)14(17,18)19/h2-3,5,7H,4,6H2,1H3. The van der Waals surface area contributed by atoms with Crippen molar-refractivity contribution in [2.45, 2.75) is 30.9 Å². The number of Topliss-reactive ketones (excluding diaryl/α,β-unsaturated/α-hetero) is 1. The molecule has 0 fully saturated rings. The number of ether oxygens (including phenoxy) is 1. The first-order valence-electron chi connectivity index (χ1n) is 6.27. The number of carbonyl (C=O) groups is 2. The van der Waals surface area contributed by atoms with E-state index >= 15 is 0 Å². The van der Waals surface area contributed by atoms with Crippen molar-refractivity contribution in [1.82, 2.24) is 0 Å². The first-order valence-corrected chi connectivity index (χ1v) is 6.27. The fraction of sp³-hybridized carbons (Fsp3) is 0.429. The summed E-state index contributed by atoms with van der Waals surface area (Å²) in [5.74, 6) is -7.29. The summed E-state index contributed by atoms with van der Waals surface area (Å²) in [6.07, 6.45) is -6.21. The van der Waals surface area contributed by atoms with Crippen LogP contribution < -0.4 is 0 Å². The zero-order valence-electron chi connectivity index (χ0n) is 11.3. The van der Waals surface area contributed by atoms with Gasteiger partial charge < -0.3 is 4.74 Å². The van der Waals surface area contributed by atoms with Gasteiger partial charge in [0.1, 0.15) is 0 Å². The van der Waals surface area contributed by atoms with Crippen LogP contribution in [0.25, 0.3) is 0 Å². The van der Waals surface area contributed by atoms with Crippen LogP contribution >= 0.6 is 0 Å². The molecule has 0 aromatic heterocycles. The summed E-state index contributed by atoms with van der Waals surface area (Å²) in [4.78, 5) is 22.9. The average molecular weight is 322 g/mol. The quantitative estimate of drug-likeness (QED) is 0.617. The summed E-state index contributed by atoms with van der Waals surface area (Å²) in [6, 6.07) is 1.96. The van der Waals surface area contributed by atoms with Crippen LogP contribution in [0.3, 0.4) is 0 Å². The highest BCUT2D eigenvalue weighted by Crippen LogP contribution is 2.44. The molecule has 8 heteroatoms. The van der Waals surface area contributed by atoms with E-state index in [2.05, 4.69) is 4.74 Å². The van der Waals surface area contributed by atoms with Crippen LogP contribution in [-0.4, -0.2) is 24.8 Å². The van der Waals surface area contributed by atoms with Gasteiger partial charge in [0.05, 0.1) is 19.1 Å². The second kappa shape index (κ2) is 5.33. The highest BCUT2D eigenvalue weighted by molar-refractivity contribution is 6.04. The number of methoxy groups -OCH3 is 1. The predicted octanol–water partition coefficient (Wildman–Crippen LogP) is 3.57. The Morgan fingerprint density at radius 1 is 1.36 bits per heavy atom. The minimum atomic E-state index is -4.67. The summed E-state index contributed by atoms with van der Waals surface area (Å²) >= 11 is 0. The van der Waals surface area contributed by atoms with Crippen molar-refractivity contribution in [1.29, 1.82) is 0 Å². The first kappa shape index (κ1) is 16.4. The van der Waals surface area contributed by atoms with Gasteiger partial charge in [-0.3, -0.25) is 9.59 Å². The van der Waals surface area contributed by atoms with Gasteiger partial charge in [0.15, 0.2) is 0 Å². The second-order valence-electron chi connectivity index (χ2n) is 5.01. The molecule has 0 spiro atoms. The number of ketones is 1. The van der Waals surface area contributed by atoms with E-state index < -0.39 is 53.7 Å². The summed E-state index contributed by atoms with van der Waals surface area (Å²) in [7, 11) is 1.04. The van der Waals surface area contributed by atoms with Crippen LogP contribution in [0.1, 0.15) is 40.2 Å². The lowest BCUT2D eigenvalue weighted by atomic mass is 9.77. The van der Waals surface area contributed by atoms with E-state index in [4.69, 9.17) is 0 Å². The monoisotopic (exact) mass is 322 g/mol. The molecule has 1 aliphatic rings. The van der Waals surface area contributed by atoms with Gasteiger partial charge in [0.25, 0.3) is 0 Å². The molecule has 0 amide bonds. The van der Waals surface area contributed by atoms with Crippen LogP contribution in [0.5, 0.6) is 0 Å². The van der Waals surface area contributed by atoms with Crippen LogP contribution in [0.15, 0.2) is 18.2 Å². The largest absolute Gasteiger partial charge is 0.469 e. The van der Waals surface area contributed by atoms with Crippen molar-refractivity contribution in [3.8, 4) is 0 Å². The lowest BCUT2D eigenvalue weighted by Gasteiger charge is -2.30. The van der Waals surface area contributed by atoms with Gasteiger partial charge in [-0.2, -0.15) is 22.0 Å². The van der Waals surface area contributed by atoms with Crippen LogP contribution in [0, 0.1) is 0 Å². The van der Waals surface area contributed by atoms with Crippen molar-refractivity contribution in [3.05, 3.63) is 34.9 Å². The molecular weight excluding hydrogens is 311 g/mol. The average Bonchev–Trinajstić information content (AvgIpc) is 2.42. The van der Waals surface area contributed by atoms with Gasteiger partial charge in [-0.1, -0.05) is 6.07 Å². The molecule has 1 unspecified atom stereocenters. The van der Waals surface area contributed by atoms with Crippen molar-refractivity contribution < 1.29 is 36.3 Å². The van der Waals surface area contributed by atoms with Crippen molar-refractivity contribution >= 4 is 11.8 Å². The number of fused-ring (bicyclic) bond motifs is 1. The molecule has 0 N–H and O–H groups in total. The molecule has 22 heavy (non-hydrogen) atoms. The summed E-state index contributed by atoms with van der Waals surface area (Å²) < 4.78 is 70.0. The number of hydrogen-bond acceptors (Lipinski definition) is 3. The Balaban J connectivity index is 2.53. The lowest BCUT2D eigenvalue weighted by Crippen LogP contribution is -2.37. The fourth-order valence-electron chi connectivity index (χ4n) is 2.46. The van der Waals surface area contributed by atoms with E-state index in [0.29, 0.717) is 12.1 Å². The van der Waals surface area contributed by atoms with Gasteiger partial charge in [0.2, 0.25) is 5.78 Å². The number of halogens is 5. The molecule has 2 rings (SSSR count). The third-order valence-corrected chi connectivity index (χ3v) is 3.54. The minimum Gasteiger partial charge on any atom is -0.469 e. The molecule has 1 aromatic rings. The number of carbonyl (C=O) groups excluding carboxylic acids is 2. The van der Waals surface area contributed by atoms with Gasteiger partial charge in [-0.25, -0.2) is 0 Å². The molecule has 0 radical (unpaired) electrons. The molecule has 0 saturated heterocycles. The Morgan fingerprint density at radius 3 is 2.55 bits per heavy atom. The van der Waals surface area contributed by atoms with E-state index in [-0.39, 0.29) is 5.56 Å². The van der Waals surface area contributed by atoms with Crippen LogP contribution in [0.2, 0.25) is 0 Å². The first-order chi connectivity index (χ1) is 10.1. The third kappa shape index (κ3) is 2.95. The van der Waals surface area contributed by atoms with E-state index in [0.717, 1.165) is 13.2 Å². The van der Waals surface area contributed by atoms with E-state index in [1.54, 1.807) is 0 Å². The SMILES string of the molecule is COC(=O)CC1CC(F)(F)C(=O)c2ccc(C(F)(F)F)cc21. The van der Waals surface area contributed by atoms with Crippen molar-refractivity contribution in [3.63, 3.8) is 0 Å². The Kier molecular flexibility index (Phi) is 3.97. The molecular formula is C14H11F5O3. The molecule has 3 nitrogen and oxygen atoms in total. The number of alkyl halides is 5. The maximum absolute atomic E-state index is 13.7. The zero-order chi connectivity index (χ0) is 16.7. The molecule has 0 aliphatic heterocycles.